The van der Waals surface area contributed by atoms with Crippen LogP contribution < -0.4 is 0 Å². The van der Waals surface area contributed by atoms with Gasteiger partial charge in [-0.2, -0.15) is 16.3 Å². The number of hydrogen-bond acceptors (Lipinski definition) is 7. The largest absolute Gasteiger partial charge is 0.376 e. The van der Waals surface area contributed by atoms with Crippen molar-refractivity contribution in [3.8, 4) is 11.4 Å². The van der Waals surface area contributed by atoms with Gasteiger partial charge in [0, 0.05) is 23.2 Å². The molecule has 1 aliphatic heterocycles. The number of aryl methyl sites for hydroxylation is 1. The van der Waals surface area contributed by atoms with Gasteiger partial charge in [-0.25, -0.2) is 4.98 Å². The number of hydrogen-bond donors (Lipinski definition) is 0. The van der Waals surface area contributed by atoms with E-state index < -0.39 is 0 Å². The molecular formula is C17H20N4O2S2. The van der Waals surface area contributed by atoms with E-state index in [1.54, 1.807) is 23.1 Å². The molecule has 3 aromatic heterocycles. The smallest absolute Gasteiger partial charge is 0.237 e. The number of nitrogens with zero attached hydrogens (tertiary/aromatic N) is 4. The molecule has 0 radical (unpaired) electrons. The number of thioether (sulfide) groups is 1. The first kappa shape index (κ1) is 16.8. The summed E-state index contributed by atoms with van der Waals surface area (Å²) in [4.78, 5) is 9.18. The van der Waals surface area contributed by atoms with Crippen LogP contribution in [0.4, 0.5) is 0 Å². The molecule has 0 aliphatic carbocycles. The third kappa shape index (κ3) is 3.65. The normalized spacial score (nSPS) is 17.4. The van der Waals surface area contributed by atoms with Gasteiger partial charge in [0.2, 0.25) is 11.7 Å². The van der Waals surface area contributed by atoms with Crippen LogP contribution in [0.15, 0.2) is 26.5 Å². The third-order valence-corrected chi connectivity index (χ3v) is 6.05. The molecule has 25 heavy (non-hydrogen) atoms. The van der Waals surface area contributed by atoms with Crippen LogP contribution in [0.5, 0.6) is 0 Å². The third-order valence-electron chi connectivity index (χ3n) is 4.41. The summed E-state index contributed by atoms with van der Waals surface area (Å²) in [6, 6.07) is 1.99. The van der Waals surface area contributed by atoms with E-state index in [9.17, 15) is 0 Å². The van der Waals surface area contributed by atoms with E-state index in [-0.39, 0.29) is 0 Å². The lowest BCUT2D eigenvalue weighted by atomic mass is 10.2. The maximum absolute atomic E-state index is 5.79. The second-order valence-corrected chi connectivity index (χ2v) is 7.85. The standard InChI is InChI=1S/C17H20N4O2S2/c1-11-12(2)21(8-14-4-3-6-22-14)17(18-11)25-10-15-19-16(20-23-15)13-5-7-24-9-13/h5,7,9,14H,3-4,6,8,10H2,1-2H3. The highest BCUT2D eigenvalue weighted by Gasteiger charge is 2.21. The van der Waals surface area contributed by atoms with Crippen molar-refractivity contribution in [1.29, 1.82) is 0 Å². The quantitative estimate of drug-likeness (QED) is 0.604. The fourth-order valence-corrected chi connectivity index (χ4v) is 4.46. The fraction of sp³-hybridized carbons (Fsp3) is 0.471. The van der Waals surface area contributed by atoms with E-state index in [4.69, 9.17) is 14.2 Å². The summed E-state index contributed by atoms with van der Waals surface area (Å²) in [7, 11) is 0. The minimum atomic E-state index is 0.292. The Morgan fingerprint density at radius 2 is 2.28 bits per heavy atom. The molecule has 4 rings (SSSR count). The Kier molecular flexibility index (Phi) is 4.91. The predicted octanol–water partition coefficient (Wildman–Crippen LogP) is 4.08. The van der Waals surface area contributed by atoms with Crippen LogP contribution in [0.1, 0.15) is 30.1 Å². The first-order valence-electron chi connectivity index (χ1n) is 8.34. The van der Waals surface area contributed by atoms with Gasteiger partial charge in [-0.15, -0.1) is 0 Å². The highest BCUT2D eigenvalue weighted by molar-refractivity contribution is 7.98. The molecule has 3 aromatic rings. The Hall–Kier alpha value is -1.64. The molecule has 1 atom stereocenters. The second-order valence-electron chi connectivity index (χ2n) is 6.12. The summed E-state index contributed by atoms with van der Waals surface area (Å²) in [5, 5.41) is 9.07. The summed E-state index contributed by atoms with van der Waals surface area (Å²) < 4.78 is 13.4. The van der Waals surface area contributed by atoms with Gasteiger partial charge >= 0.3 is 0 Å². The fourth-order valence-electron chi connectivity index (χ4n) is 2.89. The number of thiophene rings is 1. The molecule has 4 heterocycles. The Morgan fingerprint density at radius 3 is 3.04 bits per heavy atom. The van der Waals surface area contributed by atoms with Gasteiger partial charge in [-0.3, -0.25) is 0 Å². The van der Waals surface area contributed by atoms with Crippen molar-refractivity contribution < 1.29 is 9.26 Å². The van der Waals surface area contributed by atoms with Crippen LogP contribution in [0, 0.1) is 13.8 Å². The minimum Gasteiger partial charge on any atom is -0.376 e. The molecule has 1 saturated heterocycles. The molecule has 0 bridgehead atoms. The van der Waals surface area contributed by atoms with Crippen molar-refractivity contribution in [2.24, 2.45) is 0 Å². The van der Waals surface area contributed by atoms with E-state index in [0.717, 1.165) is 42.4 Å². The van der Waals surface area contributed by atoms with Gasteiger partial charge in [0.15, 0.2) is 5.16 Å². The summed E-state index contributed by atoms with van der Waals surface area (Å²) in [6.07, 6.45) is 2.56. The summed E-state index contributed by atoms with van der Waals surface area (Å²) in [6.45, 7) is 5.89. The van der Waals surface area contributed by atoms with Crippen LogP contribution in [-0.2, 0) is 17.0 Å². The number of ether oxygens (including phenoxy) is 1. The maximum Gasteiger partial charge on any atom is 0.237 e. The lowest BCUT2D eigenvalue weighted by molar-refractivity contribution is 0.0945. The molecule has 0 saturated carbocycles. The Bertz CT molecular complexity index is 835. The second kappa shape index (κ2) is 7.31. The number of imidazole rings is 1. The molecule has 0 spiro atoms. The van der Waals surface area contributed by atoms with E-state index in [1.807, 2.05) is 23.8 Å². The lowest BCUT2D eigenvalue weighted by Gasteiger charge is -2.14. The van der Waals surface area contributed by atoms with Crippen molar-refractivity contribution in [2.45, 2.75) is 50.2 Å². The zero-order chi connectivity index (χ0) is 17.2. The van der Waals surface area contributed by atoms with E-state index in [1.165, 1.54) is 5.69 Å². The first-order chi connectivity index (χ1) is 12.2. The Morgan fingerprint density at radius 1 is 1.36 bits per heavy atom. The molecule has 0 amide bonds. The zero-order valence-corrected chi connectivity index (χ0v) is 15.9. The molecule has 6 nitrogen and oxygen atoms in total. The molecule has 132 valence electrons. The van der Waals surface area contributed by atoms with Crippen LogP contribution in [-0.4, -0.2) is 32.4 Å². The van der Waals surface area contributed by atoms with Crippen molar-refractivity contribution in [1.82, 2.24) is 19.7 Å². The van der Waals surface area contributed by atoms with E-state index >= 15 is 0 Å². The van der Waals surface area contributed by atoms with Crippen LogP contribution in [0.3, 0.4) is 0 Å². The molecule has 8 heteroatoms. The maximum atomic E-state index is 5.79. The molecule has 1 fully saturated rings. The molecule has 0 N–H and O–H groups in total. The van der Waals surface area contributed by atoms with Crippen LogP contribution in [0.2, 0.25) is 0 Å². The van der Waals surface area contributed by atoms with Crippen molar-refractivity contribution in [3.63, 3.8) is 0 Å². The van der Waals surface area contributed by atoms with Crippen LogP contribution in [0.25, 0.3) is 11.4 Å². The average Bonchev–Trinajstić information content (AvgIpc) is 3.38. The number of aromatic nitrogens is 4. The van der Waals surface area contributed by atoms with E-state index in [0.29, 0.717) is 23.6 Å². The highest BCUT2D eigenvalue weighted by Crippen LogP contribution is 2.27. The Labute approximate surface area is 154 Å². The molecule has 1 unspecified atom stereocenters. The summed E-state index contributed by atoms with van der Waals surface area (Å²) in [5.74, 6) is 1.87. The first-order valence-corrected chi connectivity index (χ1v) is 10.3. The van der Waals surface area contributed by atoms with Gasteiger partial charge in [-0.1, -0.05) is 16.9 Å². The average molecular weight is 377 g/mol. The predicted molar refractivity (Wildman–Crippen MR) is 97.8 cm³/mol. The lowest BCUT2D eigenvalue weighted by Crippen LogP contribution is -2.16. The van der Waals surface area contributed by atoms with Crippen molar-refractivity contribution in [2.75, 3.05) is 6.61 Å². The highest BCUT2D eigenvalue weighted by atomic mass is 32.2. The van der Waals surface area contributed by atoms with Gasteiger partial charge in [0.25, 0.3) is 0 Å². The van der Waals surface area contributed by atoms with E-state index in [2.05, 4.69) is 21.6 Å². The molecular weight excluding hydrogens is 356 g/mol. The monoisotopic (exact) mass is 376 g/mol. The van der Waals surface area contributed by atoms with Gasteiger partial charge in [-0.05, 0) is 38.1 Å². The molecule has 1 aliphatic rings. The van der Waals surface area contributed by atoms with Crippen LogP contribution >= 0.6 is 23.1 Å². The molecule has 0 aromatic carbocycles. The van der Waals surface area contributed by atoms with Gasteiger partial charge < -0.3 is 13.8 Å². The summed E-state index contributed by atoms with van der Waals surface area (Å²) >= 11 is 3.25. The van der Waals surface area contributed by atoms with Gasteiger partial charge in [0.05, 0.1) is 24.1 Å². The van der Waals surface area contributed by atoms with Crippen molar-refractivity contribution in [3.05, 3.63) is 34.1 Å². The minimum absolute atomic E-state index is 0.292. The summed E-state index contributed by atoms with van der Waals surface area (Å²) in [5.41, 5.74) is 3.25. The van der Waals surface area contributed by atoms with Crippen molar-refractivity contribution >= 4 is 23.1 Å². The number of rotatable bonds is 6. The zero-order valence-electron chi connectivity index (χ0n) is 14.3. The topological polar surface area (TPSA) is 66.0 Å². The van der Waals surface area contributed by atoms with Gasteiger partial charge in [0.1, 0.15) is 0 Å². The SMILES string of the molecule is Cc1nc(SCc2nc(-c3ccsc3)no2)n(CC2CCCO2)c1C. The Balaban J connectivity index is 1.46.